The summed E-state index contributed by atoms with van der Waals surface area (Å²) in [7, 11) is 1.45. The maximum Gasteiger partial charge on any atom is 0.332 e. The molecule has 1 aromatic heterocycles. The minimum absolute atomic E-state index is 0.0843. The van der Waals surface area contributed by atoms with Crippen LogP contribution in [0.15, 0.2) is 40.8 Å². The molecule has 4 amide bonds. The number of aromatic nitrogens is 2. The summed E-state index contributed by atoms with van der Waals surface area (Å²) in [4.78, 5) is 54.0. The van der Waals surface area contributed by atoms with Crippen molar-refractivity contribution in [2.45, 2.75) is 0 Å². The lowest BCUT2D eigenvalue weighted by Crippen LogP contribution is -2.50. The number of carbonyl (C=O) groups is 4. The molecule has 156 valence electrons. The third-order valence-electron chi connectivity index (χ3n) is 6.94. The van der Waals surface area contributed by atoms with Crippen molar-refractivity contribution in [3.8, 4) is 11.5 Å². The Morgan fingerprint density at radius 1 is 0.839 bits per heavy atom. The number of rotatable bonds is 2. The standard InChI is InChI=1S/C21H15ClN4O5/c1-25-17(27)12-9-6-7-10(13(12)18(25)28)15-14(9)19(29)26(20(15)30)21-24-23-16(31-21)8-4-2-3-5-11(8)22/h2-7,9-10,12-15H,1H3. The summed E-state index contributed by atoms with van der Waals surface area (Å²) in [6.45, 7) is 0. The van der Waals surface area contributed by atoms with Crippen LogP contribution in [0, 0.1) is 35.5 Å². The average molecular weight is 439 g/mol. The fourth-order valence-corrected chi connectivity index (χ4v) is 5.83. The summed E-state index contributed by atoms with van der Waals surface area (Å²) in [6, 6.07) is 6.61. The van der Waals surface area contributed by atoms with Gasteiger partial charge in [-0.15, -0.1) is 5.10 Å². The first-order chi connectivity index (χ1) is 14.9. The molecule has 1 aromatic carbocycles. The van der Waals surface area contributed by atoms with Crippen molar-refractivity contribution < 1.29 is 23.6 Å². The van der Waals surface area contributed by atoms with Crippen LogP contribution in [0.2, 0.25) is 5.02 Å². The zero-order valence-corrected chi connectivity index (χ0v) is 16.9. The van der Waals surface area contributed by atoms with Crippen molar-refractivity contribution in [1.29, 1.82) is 0 Å². The predicted octanol–water partition coefficient (Wildman–Crippen LogP) is 1.54. The highest BCUT2D eigenvalue weighted by molar-refractivity contribution is 6.33. The molecule has 31 heavy (non-hydrogen) atoms. The number of amides is 4. The Labute approximate surface area is 180 Å². The molecule has 2 saturated heterocycles. The lowest BCUT2D eigenvalue weighted by atomic mass is 9.54. The zero-order valence-electron chi connectivity index (χ0n) is 16.1. The van der Waals surface area contributed by atoms with E-state index in [1.165, 1.54) is 7.05 Å². The number of hydrogen-bond acceptors (Lipinski definition) is 7. The van der Waals surface area contributed by atoms with Crippen molar-refractivity contribution in [3.63, 3.8) is 0 Å². The van der Waals surface area contributed by atoms with Gasteiger partial charge in [0, 0.05) is 18.9 Å². The van der Waals surface area contributed by atoms with Crippen LogP contribution in [0.3, 0.4) is 0 Å². The molecule has 0 radical (unpaired) electrons. The number of allylic oxidation sites excluding steroid dienone is 2. The smallest absolute Gasteiger partial charge is 0.332 e. The van der Waals surface area contributed by atoms with E-state index in [0.717, 1.165) is 9.80 Å². The zero-order chi connectivity index (χ0) is 21.6. The van der Waals surface area contributed by atoms with Gasteiger partial charge in [0.25, 0.3) is 5.89 Å². The van der Waals surface area contributed by atoms with Gasteiger partial charge in [-0.3, -0.25) is 24.1 Å². The molecule has 10 heteroatoms. The molecule has 3 heterocycles. The molecular weight excluding hydrogens is 424 g/mol. The van der Waals surface area contributed by atoms with E-state index in [0.29, 0.717) is 10.6 Å². The molecular formula is C21H15ClN4O5. The Kier molecular flexibility index (Phi) is 3.63. The molecule has 2 aromatic rings. The van der Waals surface area contributed by atoms with E-state index in [1.54, 1.807) is 36.4 Å². The normalized spacial score (nSPS) is 33.5. The SMILES string of the molecule is CN1C(=O)C2C3C=CC(C2C1=O)C1C(=O)N(c2nnc(-c4ccccc4Cl)o2)C(=O)C31. The molecule has 6 unspecified atom stereocenters. The Hall–Kier alpha value is -3.33. The van der Waals surface area contributed by atoms with Crippen LogP contribution in [-0.2, 0) is 19.2 Å². The van der Waals surface area contributed by atoms with E-state index in [4.69, 9.17) is 16.0 Å². The quantitative estimate of drug-likeness (QED) is 0.516. The number of hydrogen-bond donors (Lipinski definition) is 0. The molecule has 1 saturated carbocycles. The Bertz CT molecular complexity index is 1170. The van der Waals surface area contributed by atoms with Crippen LogP contribution in [0.1, 0.15) is 0 Å². The molecule has 0 N–H and O–H groups in total. The van der Waals surface area contributed by atoms with Gasteiger partial charge in [0.05, 0.1) is 34.3 Å². The van der Waals surface area contributed by atoms with Crippen LogP contribution in [0.4, 0.5) is 6.01 Å². The van der Waals surface area contributed by atoms with E-state index >= 15 is 0 Å². The summed E-state index contributed by atoms with van der Waals surface area (Å²) in [6.07, 6.45) is 3.60. The minimum atomic E-state index is -0.734. The van der Waals surface area contributed by atoms with E-state index in [1.807, 2.05) is 0 Å². The lowest BCUT2D eigenvalue weighted by molar-refractivity contribution is -0.138. The van der Waals surface area contributed by atoms with Gasteiger partial charge in [-0.05, 0) is 12.1 Å². The fourth-order valence-electron chi connectivity index (χ4n) is 5.61. The second kappa shape index (κ2) is 6.10. The monoisotopic (exact) mass is 438 g/mol. The highest BCUT2D eigenvalue weighted by Crippen LogP contribution is 2.57. The predicted molar refractivity (Wildman–Crippen MR) is 105 cm³/mol. The van der Waals surface area contributed by atoms with E-state index < -0.39 is 47.3 Å². The van der Waals surface area contributed by atoms with Crippen LogP contribution < -0.4 is 4.90 Å². The van der Waals surface area contributed by atoms with Crippen molar-refractivity contribution in [2.75, 3.05) is 11.9 Å². The minimum Gasteiger partial charge on any atom is -0.403 e. The highest BCUT2D eigenvalue weighted by Gasteiger charge is 2.68. The van der Waals surface area contributed by atoms with Crippen molar-refractivity contribution in [3.05, 3.63) is 41.4 Å². The van der Waals surface area contributed by atoms with Gasteiger partial charge in [0.2, 0.25) is 23.6 Å². The molecule has 9 nitrogen and oxygen atoms in total. The van der Waals surface area contributed by atoms with Crippen molar-refractivity contribution in [2.24, 2.45) is 35.5 Å². The third-order valence-corrected chi connectivity index (χ3v) is 7.27. The Morgan fingerprint density at radius 2 is 1.39 bits per heavy atom. The van der Waals surface area contributed by atoms with Gasteiger partial charge in [0.15, 0.2) is 0 Å². The second-order valence-corrected chi connectivity index (χ2v) is 8.67. The van der Waals surface area contributed by atoms with E-state index in [2.05, 4.69) is 10.2 Å². The number of anilines is 1. The number of imide groups is 2. The second-order valence-electron chi connectivity index (χ2n) is 8.26. The van der Waals surface area contributed by atoms with Crippen LogP contribution in [0.25, 0.3) is 11.5 Å². The Morgan fingerprint density at radius 3 is 1.97 bits per heavy atom. The van der Waals surface area contributed by atoms with Crippen LogP contribution in [0.5, 0.6) is 0 Å². The molecule has 3 aliphatic carbocycles. The van der Waals surface area contributed by atoms with Gasteiger partial charge in [0.1, 0.15) is 0 Å². The molecule has 2 bridgehead atoms. The fraction of sp³-hybridized carbons (Fsp3) is 0.333. The van der Waals surface area contributed by atoms with Gasteiger partial charge in [-0.25, -0.2) is 0 Å². The molecule has 6 atom stereocenters. The Balaban J connectivity index is 1.39. The molecule has 3 fully saturated rings. The van der Waals surface area contributed by atoms with Crippen molar-refractivity contribution >= 4 is 41.2 Å². The van der Waals surface area contributed by atoms with Gasteiger partial charge in [-0.2, -0.15) is 4.90 Å². The molecule has 0 spiro atoms. The largest absolute Gasteiger partial charge is 0.403 e. The van der Waals surface area contributed by atoms with Gasteiger partial charge in [-0.1, -0.05) is 41.0 Å². The highest BCUT2D eigenvalue weighted by atomic mass is 35.5. The molecule has 2 aliphatic heterocycles. The maximum absolute atomic E-state index is 13.3. The van der Waals surface area contributed by atoms with Crippen molar-refractivity contribution in [1.82, 2.24) is 15.1 Å². The first kappa shape index (κ1) is 18.4. The molecule has 7 rings (SSSR count). The van der Waals surface area contributed by atoms with Gasteiger partial charge < -0.3 is 4.42 Å². The van der Waals surface area contributed by atoms with E-state index in [-0.39, 0.29) is 23.7 Å². The summed E-state index contributed by atoms with van der Waals surface area (Å²) < 4.78 is 5.64. The number of nitrogens with zero attached hydrogens (tertiary/aromatic N) is 4. The maximum atomic E-state index is 13.3. The van der Waals surface area contributed by atoms with Gasteiger partial charge >= 0.3 is 6.01 Å². The third kappa shape index (κ3) is 2.21. The number of likely N-dealkylation sites (tertiary alicyclic amines) is 1. The number of carbonyl (C=O) groups excluding carboxylic acids is 4. The number of benzene rings is 1. The summed E-state index contributed by atoms with van der Waals surface area (Å²) in [5, 5.41) is 8.24. The summed E-state index contributed by atoms with van der Waals surface area (Å²) in [5.41, 5.74) is 0.481. The topological polar surface area (TPSA) is 114 Å². The first-order valence-electron chi connectivity index (χ1n) is 9.86. The van der Waals surface area contributed by atoms with E-state index in [9.17, 15) is 19.2 Å². The average Bonchev–Trinajstić information content (AvgIpc) is 3.41. The van der Waals surface area contributed by atoms with Crippen LogP contribution >= 0.6 is 11.6 Å². The summed E-state index contributed by atoms with van der Waals surface area (Å²) in [5.74, 6) is -5.24. The van der Waals surface area contributed by atoms with Crippen LogP contribution in [-0.4, -0.2) is 45.8 Å². The summed E-state index contributed by atoms with van der Waals surface area (Å²) >= 11 is 6.17. The lowest BCUT2D eigenvalue weighted by Gasteiger charge is -2.44. The number of halogens is 1. The molecule has 5 aliphatic rings. The first-order valence-corrected chi connectivity index (χ1v) is 10.2.